The third-order valence-corrected chi connectivity index (χ3v) is 4.08. The van der Waals surface area contributed by atoms with Crippen molar-refractivity contribution < 1.29 is 13.2 Å². The summed E-state index contributed by atoms with van der Waals surface area (Å²) in [4.78, 5) is 12.1. The number of sulfonamides is 1. The van der Waals surface area contributed by atoms with Gasteiger partial charge < -0.3 is 5.32 Å². The van der Waals surface area contributed by atoms with Gasteiger partial charge in [0.05, 0.1) is 16.7 Å². The number of carbonyl (C=O) groups is 1. The zero-order valence-electron chi connectivity index (χ0n) is 11.9. The summed E-state index contributed by atoms with van der Waals surface area (Å²) in [6, 6.07) is 2.83. The number of nitrogens with zero attached hydrogens (tertiary/aromatic N) is 2. The third-order valence-electron chi connectivity index (χ3n) is 3.18. The maximum absolute atomic E-state index is 12.1. The second kappa shape index (κ2) is 5.30. The van der Waals surface area contributed by atoms with Gasteiger partial charge in [0.25, 0.3) is 5.91 Å². The van der Waals surface area contributed by atoms with Crippen LogP contribution >= 0.6 is 0 Å². The van der Waals surface area contributed by atoms with Gasteiger partial charge >= 0.3 is 0 Å². The van der Waals surface area contributed by atoms with Gasteiger partial charge in [0.15, 0.2) is 0 Å². The summed E-state index contributed by atoms with van der Waals surface area (Å²) in [5.41, 5.74) is 2.30. The molecule has 0 aliphatic carbocycles. The average Bonchev–Trinajstić information content (AvgIpc) is 2.80. The van der Waals surface area contributed by atoms with Crippen molar-refractivity contribution in [1.82, 2.24) is 9.78 Å². The molecule has 21 heavy (non-hydrogen) atoms. The van der Waals surface area contributed by atoms with Crippen molar-refractivity contribution in [2.75, 3.05) is 5.32 Å². The predicted molar refractivity (Wildman–Crippen MR) is 78.5 cm³/mol. The number of aromatic nitrogens is 2. The number of rotatable bonds is 3. The van der Waals surface area contributed by atoms with Crippen LogP contribution in [0.15, 0.2) is 29.4 Å². The summed E-state index contributed by atoms with van der Waals surface area (Å²) in [6.07, 6.45) is 3.00. The Morgan fingerprint density at radius 2 is 2.00 bits per heavy atom. The molecular weight excluding hydrogens is 292 g/mol. The lowest BCUT2D eigenvalue weighted by atomic mass is 10.1. The van der Waals surface area contributed by atoms with Crippen molar-refractivity contribution in [3.8, 4) is 0 Å². The van der Waals surface area contributed by atoms with Gasteiger partial charge in [0.1, 0.15) is 0 Å². The number of benzene rings is 1. The predicted octanol–water partition coefficient (Wildman–Crippen LogP) is 0.937. The standard InChI is InChI=1S/C13H16N4O3S/c1-8-4-11(21(14,19)20)5-12(9(8)2)16-13(18)10-6-15-17(3)7-10/h4-7H,1-3H3,(H,16,18)(H2,14,19,20). The van der Waals surface area contributed by atoms with Gasteiger partial charge in [-0.05, 0) is 37.1 Å². The fourth-order valence-corrected chi connectivity index (χ4v) is 2.48. The first-order valence-corrected chi connectivity index (χ1v) is 7.67. The van der Waals surface area contributed by atoms with E-state index >= 15 is 0 Å². The second-order valence-corrected chi connectivity index (χ2v) is 6.38. The second-order valence-electron chi connectivity index (χ2n) is 4.81. The highest BCUT2D eigenvalue weighted by molar-refractivity contribution is 7.89. The highest BCUT2D eigenvalue weighted by Crippen LogP contribution is 2.24. The van der Waals surface area contributed by atoms with E-state index in [1.165, 1.54) is 23.0 Å². The van der Waals surface area contributed by atoms with E-state index in [1.54, 1.807) is 27.1 Å². The largest absolute Gasteiger partial charge is 0.322 e. The van der Waals surface area contributed by atoms with E-state index in [2.05, 4.69) is 10.4 Å². The molecule has 0 saturated heterocycles. The van der Waals surface area contributed by atoms with Crippen LogP contribution in [0, 0.1) is 13.8 Å². The van der Waals surface area contributed by atoms with Gasteiger partial charge in [-0.25, -0.2) is 13.6 Å². The van der Waals surface area contributed by atoms with Crippen LogP contribution in [-0.2, 0) is 17.1 Å². The van der Waals surface area contributed by atoms with E-state index in [9.17, 15) is 13.2 Å². The van der Waals surface area contributed by atoms with E-state index in [0.29, 0.717) is 11.3 Å². The Kier molecular flexibility index (Phi) is 3.84. The van der Waals surface area contributed by atoms with Crippen LogP contribution in [0.4, 0.5) is 5.69 Å². The van der Waals surface area contributed by atoms with Gasteiger partial charge in [-0.15, -0.1) is 0 Å². The summed E-state index contributed by atoms with van der Waals surface area (Å²) >= 11 is 0. The first-order chi connectivity index (χ1) is 9.68. The Morgan fingerprint density at radius 1 is 1.33 bits per heavy atom. The minimum atomic E-state index is -3.83. The van der Waals surface area contributed by atoms with Crippen LogP contribution in [0.3, 0.4) is 0 Å². The van der Waals surface area contributed by atoms with Crippen molar-refractivity contribution in [2.24, 2.45) is 12.2 Å². The number of hydrogen-bond acceptors (Lipinski definition) is 4. The van der Waals surface area contributed by atoms with Crippen molar-refractivity contribution >= 4 is 21.6 Å². The summed E-state index contributed by atoms with van der Waals surface area (Å²) in [5, 5.41) is 11.7. The molecule has 1 aromatic carbocycles. The molecule has 3 N–H and O–H groups in total. The topological polar surface area (TPSA) is 107 Å². The Hall–Kier alpha value is -2.19. The number of amides is 1. The maximum atomic E-state index is 12.1. The Balaban J connectivity index is 2.40. The van der Waals surface area contributed by atoms with E-state index in [0.717, 1.165) is 11.1 Å². The van der Waals surface area contributed by atoms with Crippen LogP contribution in [-0.4, -0.2) is 24.1 Å². The molecule has 0 saturated carbocycles. The first kappa shape index (κ1) is 15.2. The molecular formula is C13H16N4O3S. The Bertz CT molecular complexity index is 809. The average molecular weight is 308 g/mol. The zero-order valence-corrected chi connectivity index (χ0v) is 12.7. The van der Waals surface area contributed by atoms with Crippen molar-refractivity contribution in [2.45, 2.75) is 18.7 Å². The Labute approximate surface area is 122 Å². The van der Waals surface area contributed by atoms with Crippen molar-refractivity contribution in [1.29, 1.82) is 0 Å². The normalized spacial score (nSPS) is 11.4. The third kappa shape index (κ3) is 3.29. The molecule has 0 aliphatic heterocycles. The molecule has 2 aromatic rings. The van der Waals surface area contributed by atoms with Gasteiger partial charge in [-0.1, -0.05) is 0 Å². The van der Waals surface area contributed by atoms with Gasteiger partial charge in [0.2, 0.25) is 10.0 Å². The molecule has 0 fully saturated rings. The lowest BCUT2D eigenvalue weighted by molar-refractivity contribution is 0.102. The quantitative estimate of drug-likeness (QED) is 0.879. The lowest BCUT2D eigenvalue weighted by Gasteiger charge is -2.12. The molecule has 2 rings (SSSR count). The molecule has 0 radical (unpaired) electrons. The van der Waals surface area contributed by atoms with Crippen LogP contribution in [0.25, 0.3) is 0 Å². The smallest absolute Gasteiger partial charge is 0.258 e. The Morgan fingerprint density at radius 3 is 2.52 bits per heavy atom. The minimum Gasteiger partial charge on any atom is -0.322 e. The van der Waals surface area contributed by atoms with Crippen molar-refractivity contribution in [3.63, 3.8) is 0 Å². The van der Waals surface area contributed by atoms with Crippen LogP contribution in [0.5, 0.6) is 0 Å². The molecule has 1 heterocycles. The van der Waals surface area contributed by atoms with Gasteiger partial charge in [-0.2, -0.15) is 5.10 Å². The number of aryl methyl sites for hydroxylation is 2. The highest BCUT2D eigenvalue weighted by Gasteiger charge is 2.15. The van der Waals surface area contributed by atoms with E-state index in [-0.39, 0.29) is 10.8 Å². The summed E-state index contributed by atoms with van der Waals surface area (Å²) in [6.45, 7) is 3.55. The molecule has 0 bridgehead atoms. The molecule has 7 nitrogen and oxygen atoms in total. The van der Waals surface area contributed by atoms with Crippen LogP contribution in [0.1, 0.15) is 21.5 Å². The number of anilines is 1. The molecule has 1 aromatic heterocycles. The number of carbonyl (C=O) groups excluding carboxylic acids is 1. The molecule has 0 aliphatic rings. The zero-order chi connectivity index (χ0) is 15.8. The SMILES string of the molecule is Cc1cc(S(N)(=O)=O)cc(NC(=O)c2cnn(C)c2)c1C. The van der Waals surface area contributed by atoms with Crippen LogP contribution < -0.4 is 10.5 Å². The minimum absolute atomic E-state index is 0.0351. The number of nitrogens with one attached hydrogen (secondary N) is 1. The number of nitrogens with two attached hydrogens (primary N) is 1. The van der Waals surface area contributed by atoms with E-state index in [4.69, 9.17) is 5.14 Å². The molecule has 8 heteroatoms. The first-order valence-electron chi connectivity index (χ1n) is 6.12. The summed E-state index contributed by atoms with van der Waals surface area (Å²) in [7, 11) is -2.13. The highest BCUT2D eigenvalue weighted by atomic mass is 32.2. The van der Waals surface area contributed by atoms with E-state index < -0.39 is 10.0 Å². The monoisotopic (exact) mass is 308 g/mol. The molecule has 112 valence electrons. The fourth-order valence-electron chi connectivity index (χ4n) is 1.85. The molecule has 0 spiro atoms. The lowest BCUT2D eigenvalue weighted by Crippen LogP contribution is -2.16. The van der Waals surface area contributed by atoms with Crippen molar-refractivity contribution in [3.05, 3.63) is 41.2 Å². The maximum Gasteiger partial charge on any atom is 0.258 e. The van der Waals surface area contributed by atoms with Gasteiger partial charge in [0, 0.05) is 18.9 Å². The number of hydrogen-bond donors (Lipinski definition) is 2. The molecule has 1 amide bonds. The summed E-state index contributed by atoms with van der Waals surface area (Å²) in [5.74, 6) is -0.364. The molecule has 0 atom stereocenters. The van der Waals surface area contributed by atoms with E-state index in [1.807, 2.05) is 0 Å². The van der Waals surface area contributed by atoms with Crippen LogP contribution in [0.2, 0.25) is 0 Å². The summed E-state index contributed by atoms with van der Waals surface area (Å²) < 4.78 is 24.4. The van der Waals surface area contributed by atoms with Gasteiger partial charge in [-0.3, -0.25) is 9.48 Å². The molecule has 0 unspecified atom stereocenters. The number of primary sulfonamides is 1. The fraction of sp³-hybridized carbons (Fsp3) is 0.231.